The summed E-state index contributed by atoms with van der Waals surface area (Å²) >= 11 is 1.78. The van der Waals surface area contributed by atoms with Gasteiger partial charge in [-0.05, 0) is 31.2 Å². The highest BCUT2D eigenvalue weighted by Crippen LogP contribution is 2.32. The van der Waals surface area contributed by atoms with E-state index < -0.39 is 10.8 Å². The van der Waals surface area contributed by atoms with E-state index in [0.29, 0.717) is 5.75 Å². The second-order valence-electron chi connectivity index (χ2n) is 5.98. The Bertz CT molecular complexity index is 495. The molecule has 0 saturated carbocycles. The van der Waals surface area contributed by atoms with Crippen molar-refractivity contribution in [3.8, 4) is 0 Å². The Morgan fingerprint density at radius 2 is 1.86 bits per heavy atom. The van der Waals surface area contributed by atoms with E-state index in [9.17, 15) is 9.00 Å². The summed E-state index contributed by atoms with van der Waals surface area (Å²) in [6, 6.07) is 7.37. The van der Waals surface area contributed by atoms with Crippen LogP contribution in [0.1, 0.15) is 27.7 Å². The van der Waals surface area contributed by atoms with Crippen molar-refractivity contribution in [1.82, 2.24) is 5.32 Å². The highest BCUT2D eigenvalue weighted by atomic mass is 32.2. The number of carbonyl (C=O) groups is 1. The van der Waals surface area contributed by atoms with E-state index in [-0.39, 0.29) is 16.8 Å². The van der Waals surface area contributed by atoms with Gasteiger partial charge in [-0.25, -0.2) is 4.79 Å². The first-order valence-corrected chi connectivity index (χ1v) is 9.37. The maximum absolute atomic E-state index is 11.8. The minimum absolute atomic E-state index is 0.119. The average molecular weight is 329 g/mol. The monoisotopic (exact) mass is 328 g/mol. The van der Waals surface area contributed by atoms with Crippen molar-refractivity contribution in [3.05, 3.63) is 24.3 Å². The standard InChI is InChI=1S/C15H24N2O2S2/c1-11(10-21(5)19)16-14(18)17-12-6-8-13(9-7-12)20-15(2,3)4/h6-9,11H,10H2,1-5H3,(H2,16,17,18)/t11-,21+/m0/s1. The third kappa shape index (κ3) is 8.12. The first-order chi connectivity index (χ1) is 9.65. The van der Waals surface area contributed by atoms with Crippen LogP contribution in [0.5, 0.6) is 0 Å². The molecule has 6 heteroatoms. The van der Waals surface area contributed by atoms with Gasteiger partial charge in [-0.15, -0.1) is 11.8 Å². The number of carbonyl (C=O) groups excluding carboxylic acids is 1. The van der Waals surface area contributed by atoms with E-state index in [0.717, 1.165) is 5.69 Å². The van der Waals surface area contributed by atoms with E-state index in [1.54, 1.807) is 18.0 Å². The predicted octanol–water partition coefficient (Wildman–Crippen LogP) is 3.47. The molecule has 4 nitrogen and oxygen atoms in total. The second kappa shape index (κ2) is 7.84. The summed E-state index contributed by atoms with van der Waals surface area (Å²) in [5.74, 6) is 0.453. The largest absolute Gasteiger partial charge is 0.334 e. The van der Waals surface area contributed by atoms with Gasteiger partial charge < -0.3 is 10.6 Å². The molecular weight excluding hydrogens is 304 g/mol. The lowest BCUT2D eigenvalue weighted by Gasteiger charge is -2.18. The molecule has 2 atom stereocenters. The molecule has 1 aromatic rings. The molecular formula is C15H24N2O2S2. The summed E-state index contributed by atoms with van der Waals surface area (Å²) in [5, 5.41) is 5.54. The van der Waals surface area contributed by atoms with Gasteiger partial charge in [0.05, 0.1) is 0 Å². The minimum atomic E-state index is -0.917. The van der Waals surface area contributed by atoms with Crippen molar-refractivity contribution in [1.29, 1.82) is 0 Å². The first kappa shape index (κ1) is 18.0. The number of urea groups is 1. The molecule has 2 N–H and O–H groups in total. The van der Waals surface area contributed by atoms with Crippen LogP contribution >= 0.6 is 11.8 Å². The molecule has 0 bridgehead atoms. The third-order valence-corrected chi connectivity index (χ3v) is 4.49. The lowest BCUT2D eigenvalue weighted by Crippen LogP contribution is -2.39. The van der Waals surface area contributed by atoms with Crippen LogP contribution in [0.3, 0.4) is 0 Å². The van der Waals surface area contributed by atoms with Gasteiger partial charge in [-0.1, -0.05) is 20.8 Å². The number of nitrogens with one attached hydrogen (secondary N) is 2. The lowest BCUT2D eigenvalue weighted by molar-refractivity contribution is 0.250. The molecule has 0 radical (unpaired) electrons. The van der Waals surface area contributed by atoms with Gasteiger partial charge in [0.1, 0.15) is 0 Å². The Hall–Kier alpha value is -1.01. The Morgan fingerprint density at radius 3 is 2.33 bits per heavy atom. The molecule has 0 saturated heterocycles. The summed E-state index contributed by atoms with van der Waals surface area (Å²) in [7, 11) is -0.917. The van der Waals surface area contributed by atoms with Crippen molar-refractivity contribution in [2.45, 2.75) is 43.4 Å². The second-order valence-corrected chi connectivity index (χ2v) is 9.36. The van der Waals surface area contributed by atoms with Crippen LogP contribution in [0.4, 0.5) is 10.5 Å². The first-order valence-electron chi connectivity index (χ1n) is 6.82. The smallest absolute Gasteiger partial charge is 0.319 e. The maximum atomic E-state index is 11.8. The van der Waals surface area contributed by atoms with Gasteiger partial charge >= 0.3 is 6.03 Å². The SMILES string of the molecule is C[C@@H](C[S@@](C)=O)NC(=O)Nc1ccc(SC(C)(C)C)cc1. The van der Waals surface area contributed by atoms with E-state index in [1.807, 2.05) is 31.2 Å². The zero-order chi connectivity index (χ0) is 16.0. The number of hydrogen-bond acceptors (Lipinski definition) is 3. The van der Waals surface area contributed by atoms with E-state index in [2.05, 4.69) is 31.4 Å². The summed E-state index contributed by atoms with van der Waals surface area (Å²) in [5.41, 5.74) is 0.746. The van der Waals surface area contributed by atoms with Crippen LogP contribution in [0.15, 0.2) is 29.2 Å². The quantitative estimate of drug-likeness (QED) is 0.814. The fourth-order valence-corrected chi connectivity index (χ4v) is 3.51. The Kier molecular flexibility index (Phi) is 6.74. The van der Waals surface area contributed by atoms with Crippen molar-refractivity contribution in [3.63, 3.8) is 0 Å². The Labute approximate surface area is 133 Å². The zero-order valence-electron chi connectivity index (χ0n) is 13.2. The van der Waals surface area contributed by atoms with Crippen molar-refractivity contribution in [2.75, 3.05) is 17.3 Å². The molecule has 1 rings (SSSR count). The molecule has 0 aliphatic heterocycles. The van der Waals surface area contributed by atoms with Gasteiger partial charge in [0.15, 0.2) is 0 Å². The number of benzene rings is 1. The van der Waals surface area contributed by atoms with E-state index >= 15 is 0 Å². The molecule has 0 spiro atoms. The molecule has 0 aliphatic rings. The van der Waals surface area contributed by atoms with Crippen LogP contribution in [-0.4, -0.2) is 33.0 Å². The Morgan fingerprint density at radius 1 is 1.29 bits per heavy atom. The van der Waals surface area contributed by atoms with E-state index in [1.165, 1.54) is 4.90 Å². The fourth-order valence-electron chi connectivity index (χ4n) is 1.74. The highest BCUT2D eigenvalue weighted by Gasteiger charge is 2.12. The Balaban J connectivity index is 2.52. The summed E-state index contributed by atoms with van der Waals surface area (Å²) < 4.78 is 11.2. The van der Waals surface area contributed by atoms with E-state index in [4.69, 9.17) is 0 Å². The van der Waals surface area contributed by atoms with Crippen LogP contribution < -0.4 is 10.6 Å². The average Bonchev–Trinajstić information content (AvgIpc) is 2.28. The van der Waals surface area contributed by atoms with Crippen LogP contribution in [0.25, 0.3) is 0 Å². The maximum Gasteiger partial charge on any atom is 0.319 e. The van der Waals surface area contributed by atoms with Crippen molar-refractivity contribution < 1.29 is 9.00 Å². The van der Waals surface area contributed by atoms with Gasteiger partial charge in [0.25, 0.3) is 0 Å². The molecule has 0 unspecified atom stereocenters. The molecule has 118 valence electrons. The number of amides is 2. The number of hydrogen-bond donors (Lipinski definition) is 2. The molecule has 2 amide bonds. The normalized spacial score (nSPS) is 14.3. The summed E-state index contributed by atoms with van der Waals surface area (Å²) in [4.78, 5) is 13.0. The highest BCUT2D eigenvalue weighted by molar-refractivity contribution is 8.00. The minimum Gasteiger partial charge on any atom is -0.334 e. The van der Waals surface area contributed by atoms with Crippen molar-refractivity contribution in [2.24, 2.45) is 0 Å². The van der Waals surface area contributed by atoms with Gasteiger partial charge in [0.2, 0.25) is 0 Å². The molecule has 0 aliphatic carbocycles. The van der Waals surface area contributed by atoms with Gasteiger partial charge in [0, 0.05) is 44.2 Å². The fraction of sp³-hybridized carbons (Fsp3) is 0.533. The van der Waals surface area contributed by atoms with Crippen LogP contribution in [-0.2, 0) is 10.8 Å². The zero-order valence-corrected chi connectivity index (χ0v) is 14.9. The number of thioether (sulfide) groups is 1. The van der Waals surface area contributed by atoms with Gasteiger partial charge in [-0.2, -0.15) is 0 Å². The number of rotatable bonds is 5. The molecule has 0 aromatic heterocycles. The molecule has 1 aromatic carbocycles. The number of anilines is 1. The summed E-state index contributed by atoms with van der Waals surface area (Å²) in [6.07, 6.45) is 1.63. The lowest BCUT2D eigenvalue weighted by atomic mass is 10.3. The third-order valence-electron chi connectivity index (χ3n) is 2.40. The van der Waals surface area contributed by atoms with Gasteiger partial charge in [-0.3, -0.25) is 4.21 Å². The summed E-state index contributed by atoms with van der Waals surface area (Å²) in [6.45, 7) is 8.33. The van der Waals surface area contributed by atoms with Crippen LogP contribution in [0.2, 0.25) is 0 Å². The van der Waals surface area contributed by atoms with Crippen molar-refractivity contribution >= 4 is 34.3 Å². The topological polar surface area (TPSA) is 58.2 Å². The van der Waals surface area contributed by atoms with Crippen LogP contribution in [0, 0.1) is 0 Å². The molecule has 21 heavy (non-hydrogen) atoms. The molecule has 0 heterocycles. The molecule has 0 fully saturated rings. The predicted molar refractivity (Wildman–Crippen MR) is 92.6 cm³/mol.